The zero-order valence-corrected chi connectivity index (χ0v) is 13.4. The van der Waals surface area contributed by atoms with E-state index in [0.29, 0.717) is 29.8 Å². The number of nitrogens with two attached hydrogens (primary N) is 1. The van der Waals surface area contributed by atoms with Gasteiger partial charge in [-0.05, 0) is 50.3 Å². The van der Waals surface area contributed by atoms with Crippen LogP contribution in [0.3, 0.4) is 0 Å². The zero-order chi connectivity index (χ0) is 15.4. The highest BCUT2D eigenvalue weighted by atomic mass is 16.1. The third-order valence-electron chi connectivity index (χ3n) is 3.87. The highest BCUT2D eigenvalue weighted by Gasteiger charge is 2.30. The van der Waals surface area contributed by atoms with E-state index >= 15 is 0 Å². The van der Waals surface area contributed by atoms with E-state index in [1.54, 1.807) is 6.07 Å². The quantitative estimate of drug-likeness (QED) is 0.759. The van der Waals surface area contributed by atoms with Gasteiger partial charge in [-0.15, -0.1) is 0 Å². The van der Waals surface area contributed by atoms with Gasteiger partial charge < -0.3 is 16.0 Å². The van der Waals surface area contributed by atoms with Crippen molar-refractivity contribution in [1.82, 2.24) is 5.32 Å². The van der Waals surface area contributed by atoms with Crippen molar-refractivity contribution in [2.24, 2.45) is 5.92 Å². The molecule has 0 heterocycles. The number of carbonyl (C=O) groups is 1. The van der Waals surface area contributed by atoms with Gasteiger partial charge in [-0.3, -0.25) is 4.79 Å². The molecule has 1 aliphatic carbocycles. The van der Waals surface area contributed by atoms with Gasteiger partial charge in [-0.2, -0.15) is 0 Å². The first kappa shape index (κ1) is 15.7. The largest absolute Gasteiger partial charge is 0.397 e. The molecule has 1 aromatic rings. The van der Waals surface area contributed by atoms with Crippen LogP contribution in [0.5, 0.6) is 0 Å². The van der Waals surface area contributed by atoms with Gasteiger partial charge in [0.2, 0.25) is 0 Å². The fourth-order valence-corrected chi connectivity index (χ4v) is 2.50. The van der Waals surface area contributed by atoms with Gasteiger partial charge in [0.25, 0.3) is 5.91 Å². The van der Waals surface area contributed by atoms with Crippen LogP contribution < -0.4 is 16.0 Å². The molecule has 116 valence electrons. The Labute approximate surface area is 127 Å². The smallest absolute Gasteiger partial charge is 0.251 e. The average molecular weight is 289 g/mol. The summed E-state index contributed by atoms with van der Waals surface area (Å²) in [5, 5.41) is 2.80. The van der Waals surface area contributed by atoms with Crippen molar-refractivity contribution in [3.8, 4) is 0 Å². The Morgan fingerprint density at radius 2 is 2.14 bits per heavy atom. The third-order valence-corrected chi connectivity index (χ3v) is 3.87. The molecule has 3 N–H and O–H groups in total. The van der Waals surface area contributed by atoms with E-state index in [1.807, 2.05) is 19.1 Å². The first-order chi connectivity index (χ1) is 10.0. The molecule has 4 nitrogen and oxygen atoms in total. The molecular weight excluding hydrogens is 262 g/mol. The minimum absolute atomic E-state index is 0.0593. The van der Waals surface area contributed by atoms with E-state index in [9.17, 15) is 4.79 Å². The molecule has 21 heavy (non-hydrogen) atoms. The summed E-state index contributed by atoms with van der Waals surface area (Å²) in [5.74, 6) is 0.623. The number of nitrogen functional groups attached to an aromatic ring is 1. The normalized spacial score (nSPS) is 14.3. The Morgan fingerprint density at radius 1 is 1.43 bits per heavy atom. The van der Waals surface area contributed by atoms with Crippen LogP contribution in [0.15, 0.2) is 18.2 Å². The second kappa shape index (κ2) is 6.83. The van der Waals surface area contributed by atoms with Gasteiger partial charge in [0.15, 0.2) is 0 Å². The van der Waals surface area contributed by atoms with Crippen molar-refractivity contribution in [2.75, 3.05) is 23.7 Å². The molecule has 0 atom stereocenters. The lowest BCUT2D eigenvalue weighted by atomic mass is 10.1. The summed E-state index contributed by atoms with van der Waals surface area (Å²) < 4.78 is 0. The molecule has 1 amide bonds. The van der Waals surface area contributed by atoms with E-state index < -0.39 is 0 Å². The molecule has 1 saturated carbocycles. The molecule has 0 aliphatic heterocycles. The van der Waals surface area contributed by atoms with Crippen molar-refractivity contribution in [3.63, 3.8) is 0 Å². The summed E-state index contributed by atoms with van der Waals surface area (Å²) in [6.07, 6.45) is 3.65. The summed E-state index contributed by atoms with van der Waals surface area (Å²) in [6.45, 7) is 8.06. The number of nitrogens with one attached hydrogen (secondary N) is 1. The number of benzene rings is 1. The predicted octanol–water partition coefficient (Wildman–Crippen LogP) is 3.03. The summed E-state index contributed by atoms with van der Waals surface area (Å²) >= 11 is 0. The molecule has 0 unspecified atom stereocenters. The molecule has 1 aromatic carbocycles. The number of carbonyl (C=O) groups excluding carboxylic acids is 1. The fourth-order valence-electron chi connectivity index (χ4n) is 2.50. The second-order valence-electron chi connectivity index (χ2n) is 6.24. The molecule has 0 spiro atoms. The van der Waals surface area contributed by atoms with Crippen LogP contribution in [0, 0.1) is 5.92 Å². The van der Waals surface area contributed by atoms with Gasteiger partial charge in [-0.25, -0.2) is 0 Å². The number of hydrogen-bond donors (Lipinski definition) is 2. The minimum atomic E-state index is -0.0593. The first-order valence-electron chi connectivity index (χ1n) is 7.97. The fraction of sp³-hybridized carbons (Fsp3) is 0.588. The molecule has 0 aromatic heterocycles. The summed E-state index contributed by atoms with van der Waals surface area (Å²) in [7, 11) is 0. The zero-order valence-electron chi connectivity index (χ0n) is 13.4. The maximum absolute atomic E-state index is 11.9. The van der Waals surface area contributed by atoms with Crippen LogP contribution in [-0.4, -0.2) is 25.0 Å². The molecule has 2 rings (SSSR count). The van der Waals surface area contributed by atoms with Crippen LogP contribution in [-0.2, 0) is 0 Å². The topological polar surface area (TPSA) is 58.4 Å². The number of amides is 1. The van der Waals surface area contributed by atoms with Crippen molar-refractivity contribution in [3.05, 3.63) is 23.8 Å². The lowest BCUT2D eigenvalue weighted by Crippen LogP contribution is -2.29. The van der Waals surface area contributed by atoms with Crippen LogP contribution in [0.2, 0.25) is 0 Å². The van der Waals surface area contributed by atoms with E-state index in [2.05, 4.69) is 24.1 Å². The van der Waals surface area contributed by atoms with Gasteiger partial charge in [0, 0.05) is 24.7 Å². The molecular formula is C17H27N3O. The van der Waals surface area contributed by atoms with E-state index in [4.69, 9.17) is 5.73 Å². The van der Waals surface area contributed by atoms with Crippen LogP contribution in [0.1, 0.15) is 50.4 Å². The van der Waals surface area contributed by atoms with Crippen LogP contribution >= 0.6 is 0 Å². The van der Waals surface area contributed by atoms with Gasteiger partial charge in [0.05, 0.1) is 11.4 Å². The van der Waals surface area contributed by atoms with E-state index in [0.717, 1.165) is 18.7 Å². The van der Waals surface area contributed by atoms with Gasteiger partial charge in [-0.1, -0.05) is 13.8 Å². The molecule has 1 aliphatic rings. The van der Waals surface area contributed by atoms with Crippen molar-refractivity contribution in [2.45, 2.75) is 46.1 Å². The highest BCUT2D eigenvalue weighted by Crippen LogP contribution is 2.35. The number of hydrogen-bond acceptors (Lipinski definition) is 3. The van der Waals surface area contributed by atoms with Crippen molar-refractivity contribution >= 4 is 17.3 Å². The maximum atomic E-state index is 11.9. The molecule has 1 fully saturated rings. The van der Waals surface area contributed by atoms with Crippen LogP contribution in [0.4, 0.5) is 11.4 Å². The summed E-state index contributed by atoms with van der Waals surface area (Å²) in [4.78, 5) is 14.3. The number of rotatable bonds is 7. The summed E-state index contributed by atoms with van der Waals surface area (Å²) in [6, 6.07) is 6.30. The molecule has 0 radical (unpaired) electrons. The standard InChI is InChI=1S/C17H27N3O/c1-4-19-17(21)13-5-8-16(15(18)11-13)20(14-6-7-14)10-9-12(2)3/h5,8,11-12,14H,4,6-7,9-10,18H2,1-3H3,(H,19,21). The number of anilines is 2. The Balaban J connectivity index is 2.15. The molecule has 0 bridgehead atoms. The van der Waals surface area contributed by atoms with Gasteiger partial charge >= 0.3 is 0 Å². The first-order valence-corrected chi connectivity index (χ1v) is 7.97. The Hall–Kier alpha value is -1.71. The predicted molar refractivity (Wildman–Crippen MR) is 88.7 cm³/mol. The second-order valence-corrected chi connectivity index (χ2v) is 6.24. The van der Waals surface area contributed by atoms with E-state index in [-0.39, 0.29) is 5.91 Å². The Kier molecular flexibility index (Phi) is 5.10. The van der Waals surface area contributed by atoms with Crippen molar-refractivity contribution < 1.29 is 4.79 Å². The minimum Gasteiger partial charge on any atom is -0.397 e. The van der Waals surface area contributed by atoms with Crippen molar-refractivity contribution in [1.29, 1.82) is 0 Å². The molecule has 4 heteroatoms. The Bertz CT molecular complexity index is 495. The third kappa shape index (κ3) is 4.13. The van der Waals surface area contributed by atoms with Crippen LogP contribution in [0.25, 0.3) is 0 Å². The lowest BCUT2D eigenvalue weighted by Gasteiger charge is -2.27. The van der Waals surface area contributed by atoms with Gasteiger partial charge in [0.1, 0.15) is 0 Å². The number of nitrogens with zero attached hydrogens (tertiary/aromatic N) is 1. The maximum Gasteiger partial charge on any atom is 0.251 e. The Morgan fingerprint density at radius 3 is 2.67 bits per heavy atom. The van der Waals surface area contributed by atoms with E-state index in [1.165, 1.54) is 12.8 Å². The molecule has 0 saturated heterocycles. The monoisotopic (exact) mass is 289 g/mol. The highest BCUT2D eigenvalue weighted by molar-refractivity contribution is 5.96. The lowest BCUT2D eigenvalue weighted by molar-refractivity contribution is 0.0956. The average Bonchev–Trinajstić information content (AvgIpc) is 3.25. The SMILES string of the molecule is CCNC(=O)c1ccc(N(CCC(C)C)C2CC2)c(N)c1. The summed E-state index contributed by atoms with van der Waals surface area (Å²) in [5.41, 5.74) is 8.62.